The van der Waals surface area contributed by atoms with Crippen molar-refractivity contribution in [3.8, 4) is 0 Å². The minimum absolute atomic E-state index is 0.0829. The topological polar surface area (TPSA) is 231 Å². The highest BCUT2D eigenvalue weighted by atomic mass is 31.2. The number of esters is 3. The molecule has 0 aromatic heterocycles. The Morgan fingerprint density at radius 1 is 0.228 bits per heavy atom. The van der Waals surface area contributed by atoms with Crippen molar-refractivity contribution in [2.45, 2.75) is 450 Å². The summed E-state index contributed by atoms with van der Waals surface area (Å²) in [5.41, 5.74) is 0. The van der Waals surface area contributed by atoms with Crippen molar-refractivity contribution in [1.82, 2.24) is 0 Å². The fourth-order valence-corrected chi connectivity index (χ4v) is 15.5. The summed E-state index contributed by atoms with van der Waals surface area (Å²) in [6.45, 7) is 2.47. The van der Waals surface area contributed by atoms with Crippen LogP contribution in [0.25, 0.3) is 0 Å². The second-order valence-corrected chi connectivity index (χ2v) is 36.8. The first-order valence-corrected chi connectivity index (χ1v) is 54.1. The number of ether oxygens (including phenoxy) is 3. The van der Waals surface area contributed by atoms with Gasteiger partial charge in [0.05, 0.1) is 26.4 Å². The summed E-state index contributed by atoms with van der Waals surface area (Å²) in [5.74, 6) is -1.58. The molecule has 5 unspecified atom stereocenters. The van der Waals surface area contributed by atoms with Gasteiger partial charge in [-0.15, -0.1) is 0 Å². The van der Waals surface area contributed by atoms with Crippen molar-refractivity contribution in [1.29, 1.82) is 0 Å². The first-order chi connectivity index (χ1) is 62.2. The number of aliphatic hydroxyl groups is 2. The number of phosphoric ester groups is 2. The van der Waals surface area contributed by atoms with Crippen LogP contribution >= 0.6 is 15.6 Å². The fourth-order valence-electron chi connectivity index (χ4n) is 13.9. The normalized spacial score (nSPS) is 14.4. The molecule has 0 aliphatic rings. The van der Waals surface area contributed by atoms with Crippen molar-refractivity contribution >= 4 is 33.6 Å². The van der Waals surface area contributed by atoms with Crippen LogP contribution in [0.3, 0.4) is 0 Å². The number of phosphoric acid groups is 2. The summed E-state index contributed by atoms with van der Waals surface area (Å²) in [4.78, 5) is 59.2. The average Bonchev–Trinajstić information content (AvgIpc) is 0.957. The van der Waals surface area contributed by atoms with E-state index in [1.807, 2.05) is 0 Å². The zero-order valence-electron chi connectivity index (χ0n) is 80.6. The molecular formula is C109H186O16P2. The summed E-state index contributed by atoms with van der Waals surface area (Å²) in [6.07, 6.45) is 132. The van der Waals surface area contributed by atoms with E-state index in [0.717, 1.165) is 173 Å². The van der Waals surface area contributed by atoms with E-state index in [4.69, 9.17) is 32.3 Å². The van der Waals surface area contributed by atoms with Crippen LogP contribution in [0.5, 0.6) is 0 Å². The van der Waals surface area contributed by atoms with Crippen LogP contribution in [-0.2, 0) is 55.8 Å². The summed E-state index contributed by atoms with van der Waals surface area (Å²) >= 11 is 0. The Bertz CT molecular complexity index is 3040. The van der Waals surface area contributed by atoms with Gasteiger partial charge >= 0.3 is 33.6 Å². The van der Waals surface area contributed by atoms with Gasteiger partial charge in [0.1, 0.15) is 25.4 Å². The zero-order valence-corrected chi connectivity index (χ0v) is 82.4. The molecule has 0 aliphatic carbocycles. The fraction of sp³-hybridized carbons (Fsp3) is 0.697. The molecule has 0 fully saturated rings. The second-order valence-electron chi connectivity index (χ2n) is 33.9. The third-order valence-electron chi connectivity index (χ3n) is 21.6. The number of carbonyl (C=O) groups excluding carboxylic acids is 3. The lowest BCUT2D eigenvalue weighted by Crippen LogP contribution is -2.30. The van der Waals surface area contributed by atoms with E-state index in [9.17, 15) is 43.5 Å². The van der Waals surface area contributed by atoms with Gasteiger partial charge in [-0.1, -0.05) is 434 Å². The summed E-state index contributed by atoms with van der Waals surface area (Å²) in [7, 11) is -9.83. The highest BCUT2D eigenvalue weighted by Crippen LogP contribution is 2.45. The minimum Gasteiger partial charge on any atom is -0.463 e. The quantitative estimate of drug-likeness (QED) is 0.0146. The molecule has 5 atom stereocenters. The van der Waals surface area contributed by atoms with Crippen LogP contribution < -0.4 is 0 Å². The second kappa shape index (κ2) is 99.7. The minimum atomic E-state index is -4.95. The lowest BCUT2D eigenvalue weighted by atomic mass is 10.0. The van der Waals surface area contributed by atoms with Crippen LogP contribution in [0.1, 0.15) is 432 Å². The van der Waals surface area contributed by atoms with Gasteiger partial charge in [0.25, 0.3) is 0 Å². The number of allylic oxidation sites excluding steroid dienone is 30. The number of rotatable bonds is 96. The maximum atomic E-state index is 13.1. The molecule has 0 aliphatic heterocycles. The van der Waals surface area contributed by atoms with Crippen molar-refractivity contribution in [2.24, 2.45) is 0 Å². The average molecular weight is 1810 g/mol. The van der Waals surface area contributed by atoms with Crippen molar-refractivity contribution in [2.75, 3.05) is 39.6 Å². The van der Waals surface area contributed by atoms with Gasteiger partial charge in [-0.2, -0.15) is 0 Å². The summed E-state index contributed by atoms with van der Waals surface area (Å²) in [5, 5.41) is 20.8. The van der Waals surface area contributed by atoms with E-state index in [0.29, 0.717) is 19.3 Å². The van der Waals surface area contributed by atoms with Crippen molar-refractivity contribution in [3.63, 3.8) is 0 Å². The SMILES string of the molecule is CC/C=C\C/C=C\C/C=C\C/C=C\C/C=C\C/C=C\CCCCCCCCC(=O)OC(COC(=O)CCCCCCCCCCCCCCCCC/C=C\C/C=C\C/C=C\C/C=C\C/C=C\CC)COP(=O)(O)OCC(O)COP(=O)(O)OCC(O)COC(=O)CCCCCCCCCCCCCCCCCCCCC/C=C\C/C=C\C/C=C\C/C=C\CCCCC. The van der Waals surface area contributed by atoms with Crippen LogP contribution in [-0.4, -0.2) is 95.9 Å². The van der Waals surface area contributed by atoms with Crippen molar-refractivity contribution in [3.05, 3.63) is 182 Å². The van der Waals surface area contributed by atoms with E-state index in [1.165, 1.54) is 199 Å². The van der Waals surface area contributed by atoms with Gasteiger partial charge in [-0.3, -0.25) is 32.5 Å². The number of carbonyl (C=O) groups is 3. The summed E-state index contributed by atoms with van der Waals surface area (Å²) < 4.78 is 61.7. The maximum absolute atomic E-state index is 13.1. The molecule has 0 aromatic rings. The number of hydrogen-bond donors (Lipinski definition) is 4. The molecule has 0 rings (SSSR count). The Balaban J connectivity index is 4.58. The Hall–Kier alpha value is -5.35. The monoisotopic (exact) mass is 1810 g/mol. The van der Waals surface area contributed by atoms with Gasteiger partial charge in [0.2, 0.25) is 0 Å². The van der Waals surface area contributed by atoms with Crippen LogP contribution in [0.2, 0.25) is 0 Å². The molecule has 0 heterocycles. The predicted molar refractivity (Wildman–Crippen MR) is 537 cm³/mol. The maximum Gasteiger partial charge on any atom is 0.472 e. The molecule has 0 spiro atoms. The van der Waals surface area contributed by atoms with Crippen molar-refractivity contribution < 1.29 is 75.8 Å². The van der Waals surface area contributed by atoms with Gasteiger partial charge < -0.3 is 34.2 Å². The first-order valence-electron chi connectivity index (χ1n) is 51.1. The van der Waals surface area contributed by atoms with Crippen LogP contribution in [0.15, 0.2) is 182 Å². The Morgan fingerprint density at radius 2 is 0.417 bits per heavy atom. The van der Waals surface area contributed by atoms with E-state index in [-0.39, 0.29) is 19.3 Å². The van der Waals surface area contributed by atoms with Gasteiger partial charge in [0.15, 0.2) is 6.10 Å². The van der Waals surface area contributed by atoms with Crippen LogP contribution in [0, 0.1) is 0 Å². The Kier molecular flexibility index (Phi) is 95.5. The first kappa shape index (κ1) is 122. The van der Waals surface area contributed by atoms with E-state index in [1.54, 1.807) is 0 Å². The van der Waals surface area contributed by atoms with Gasteiger partial charge in [0, 0.05) is 19.3 Å². The third kappa shape index (κ3) is 101. The standard InChI is InChI=1S/C109H186O16P2/c1-4-7-10-13-16-19-22-25-28-31-34-37-40-43-45-47-49-50-51-52-54-56-57-60-62-65-68-71-74-77-80-83-86-89-92-95-107(112)119-98-104(110)99-121-126(115,116)122-100-105(111)101-123-127(117,118)124-103-106(125-109(114)97-94-91-88-85-82-79-76-73-70-67-64-59-42-39-36-33-30-27-24-21-18-15-12-9-6-3)102-120-108(113)96-93-90-87-84-81-78-75-72-69-66-63-61-58-55-53-48-46-44-41-38-35-32-29-26-23-20-17-14-11-8-5-2/h8-9,11-12,16-21,25-30,34-39,43-46,59,64,70,73,104-106,110-111H,4-7,10,13-15,22-24,31-33,40-42,47-58,60-63,65-69,71-72,74-103H2,1-3H3,(H,115,116)(H,117,118)/b11-8-,12-9-,19-16-,20-17-,21-18-,28-25-,29-26-,30-27-,37-34-,38-35-,39-36-,45-43-,46-44-,64-59-,73-70-. The predicted octanol–water partition coefficient (Wildman–Crippen LogP) is 32.3. The largest absolute Gasteiger partial charge is 0.472 e. The molecule has 127 heavy (non-hydrogen) atoms. The summed E-state index contributed by atoms with van der Waals surface area (Å²) in [6, 6.07) is 0. The smallest absolute Gasteiger partial charge is 0.463 e. The molecule has 0 saturated carbocycles. The molecule has 0 aromatic carbocycles. The lowest BCUT2D eigenvalue weighted by molar-refractivity contribution is -0.161. The highest BCUT2D eigenvalue weighted by molar-refractivity contribution is 7.47. The molecule has 0 amide bonds. The van der Waals surface area contributed by atoms with Gasteiger partial charge in [-0.25, -0.2) is 9.13 Å². The van der Waals surface area contributed by atoms with E-state index in [2.05, 4.69) is 203 Å². The highest BCUT2D eigenvalue weighted by Gasteiger charge is 2.30. The lowest BCUT2D eigenvalue weighted by Gasteiger charge is -2.21. The van der Waals surface area contributed by atoms with Gasteiger partial charge in [-0.05, 0) is 161 Å². The number of aliphatic hydroxyl groups excluding tert-OH is 2. The molecule has 0 bridgehead atoms. The molecule has 4 N–H and O–H groups in total. The molecule has 0 radical (unpaired) electrons. The molecule has 728 valence electrons. The molecular weight excluding hydrogens is 1630 g/mol. The third-order valence-corrected chi connectivity index (χ3v) is 23.5. The van der Waals surface area contributed by atoms with E-state index >= 15 is 0 Å². The van der Waals surface area contributed by atoms with Crippen LogP contribution in [0.4, 0.5) is 0 Å². The Morgan fingerprint density at radius 3 is 0.661 bits per heavy atom. The van der Waals surface area contributed by atoms with E-state index < -0.39 is 91.5 Å². The Labute approximate surface area is 776 Å². The molecule has 16 nitrogen and oxygen atoms in total. The molecule has 0 saturated heterocycles. The molecule has 18 heteroatoms. The number of unbranched alkanes of at least 4 members (excludes halogenated alkanes) is 43. The zero-order chi connectivity index (χ0) is 92.1. The number of hydrogen-bond acceptors (Lipinski definition) is 14.